The molecule has 1 saturated carbocycles. The van der Waals surface area contributed by atoms with Crippen LogP contribution in [0.1, 0.15) is 53.4 Å². The number of fused-ring (bicyclic) bond motifs is 3. The van der Waals surface area contributed by atoms with Gasteiger partial charge >= 0.3 is 0 Å². The van der Waals surface area contributed by atoms with Crippen LogP contribution in [0.2, 0.25) is 0 Å². The van der Waals surface area contributed by atoms with Crippen molar-refractivity contribution in [3.05, 3.63) is 35.4 Å². The lowest BCUT2D eigenvalue weighted by Crippen LogP contribution is -2.54. The van der Waals surface area contributed by atoms with E-state index < -0.39 is 12.1 Å². The van der Waals surface area contributed by atoms with Gasteiger partial charge in [-0.25, -0.2) is 0 Å². The zero-order valence-corrected chi connectivity index (χ0v) is 18.2. The minimum atomic E-state index is -0.556. The number of hydrogen-bond donors (Lipinski definition) is 2. The normalized spacial score (nSPS) is 24.3. The number of amides is 3. The van der Waals surface area contributed by atoms with Crippen LogP contribution < -0.4 is 10.6 Å². The molecule has 3 amide bonds. The van der Waals surface area contributed by atoms with Gasteiger partial charge in [0, 0.05) is 17.4 Å². The summed E-state index contributed by atoms with van der Waals surface area (Å²) < 4.78 is 0. The van der Waals surface area contributed by atoms with Crippen molar-refractivity contribution in [3.63, 3.8) is 0 Å². The molecular formula is C21H27N3O3S2. The summed E-state index contributed by atoms with van der Waals surface area (Å²) in [5.41, 5.74) is 1.66. The average Bonchev–Trinajstić information content (AvgIpc) is 3.44. The van der Waals surface area contributed by atoms with Crippen molar-refractivity contribution >= 4 is 41.2 Å². The predicted octanol–water partition coefficient (Wildman–Crippen LogP) is 2.55. The van der Waals surface area contributed by atoms with E-state index in [-0.39, 0.29) is 29.1 Å². The Labute approximate surface area is 179 Å². The van der Waals surface area contributed by atoms with E-state index in [1.807, 2.05) is 30.5 Å². The molecule has 2 N–H and O–H groups in total. The zero-order chi connectivity index (χ0) is 20.4. The van der Waals surface area contributed by atoms with Gasteiger partial charge in [0.15, 0.2) is 0 Å². The summed E-state index contributed by atoms with van der Waals surface area (Å²) in [5, 5.41) is 5.96. The summed E-state index contributed by atoms with van der Waals surface area (Å²) in [5.74, 6) is 0.924. The van der Waals surface area contributed by atoms with Crippen molar-refractivity contribution in [2.45, 2.75) is 55.6 Å². The van der Waals surface area contributed by atoms with Crippen molar-refractivity contribution in [1.82, 2.24) is 15.5 Å². The van der Waals surface area contributed by atoms with E-state index in [0.29, 0.717) is 17.7 Å². The molecule has 1 aromatic rings. The molecule has 0 bridgehead atoms. The van der Waals surface area contributed by atoms with Gasteiger partial charge in [0.05, 0.1) is 0 Å². The van der Waals surface area contributed by atoms with Gasteiger partial charge in [-0.2, -0.15) is 11.8 Å². The average molecular weight is 434 g/mol. The van der Waals surface area contributed by atoms with Crippen LogP contribution in [0.3, 0.4) is 0 Å². The Balaban J connectivity index is 1.43. The van der Waals surface area contributed by atoms with Crippen molar-refractivity contribution in [1.29, 1.82) is 0 Å². The molecule has 1 saturated heterocycles. The lowest BCUT2D eigenvalue weighted by atomic mass is 10.1. The first kappa shape index (κ1) is 20.6. The second kappa shape index (κ2) is 9.00. The number of nitrogens with zero attached hydrogens (tertiary/aromatic N) is 1. The lowest BCUT2D eigenvalue weighted by molar-refractivity contribution is -0.131. The maximum absolute atomic E-state index is 13.1. The number of nitrogens with one attached hydrogen (secondary N) is 2. The van der Waals surface area contributed by atoms with Gasteiger partial charge in [0.1, 0.15) is 17.5 Å². The van der Waals surface area contributed by atoms with E-state index in [1.54, 1.807) is 28.4 Å². The molecule has 3 aliphatic rings. The monoisotopic (exact) mass is 433 g/mol. The Morgan fingerprint density at radius 1 is 1.28 bits per heavy atom. The van der Waals surface area contributed by atoms with E-state index in [1.165, 1.54) is 0 Å². The Morgan fingerprint density at radius 3 is 2.79 bits per heavy atom. The highest BCUT2D eigenvalue weighted by molar-refractivity contribution is 7.99. The second-order valence-electron chi connectivity index (χ2n) is 7.83. The quantitative estimate of drug-likeness (QED) is 0.691. The van der Waals surface area contributed by atoms with Gasteiger partial charge in [-0.1, -0.05) is 31.0 Å². The van der Waals surface area contributed by atoms with Crippen molar-refractivity contribution in [2.24, 2.45) is 0 Å². The largest absolute Gasteiger partial charge is 0.352 e. The first-order chi connectivity index (χ1) is 14.1. The van der Waals surface area contributed by atoms with Crippen LogP contribution in [0.15, 0.2) is 24.3 Å². The third kappa shape index (κ3) is 4.14. The van der Waals surface area contributed by atoms with Crippen LogP contribution in [0.4, 0.5) is 0 Å². The standard InChI is InChI=1S/C21H27N3O3S2/c1-28-11-10-16(18(25)22-13-6-2-3-7-13)23-19(26)17-12-29-21-15-9-5-4-8-14(15)20(27)24(17)21/h4-5,8-9,13,16-17,21H,2-3,6-7,10-12H2,1H3,(H,22,25)(H,23,26)/t16-,17-,21-/m0/s1. The highest BCUT2D eigenvalue weighted by atomic mass is 32.2. The lowest BCUT2D eigenvalue weighted by Gasteiger charge is -2.26. The first-order valence-electron chi connectivity index (χ1n) is 10.2. The molecule has 0 radical (unpaired) electrons. The molecule has 8 heteroatoms. The topological polar surface area (TPSA) is 78.5 Å². The van der Waals surface area contributed by atoms with E-state index in [4.69, 9.17) is 0 Å². The number of benzene rings is 1. The Kier molecular flexibility index (Phi) is 6.39. The second-order valence-corrected chi connectivity index (χ2v) is 9.93. The minimum absolute atomic E-state index is 0.0909. The maximum Gasteiger partial charge on any atom is 0.256 e. The highest BCUT2D eigenvalue weighted by Crippen LogP contribution is 2.48. The summed E-state index contributed by atoms with van der Waals surface area (Å²) in [7, 11) is 0. The molecule has 2 fully saturated rings. The minimum Gasteiger partial charge on any atom is -0.352 e. The van der Waals surface area contributed by atoms with E-state index in [2.05, 4.69) is 10.6 Å². The SMILES string of the molecule is CSCC[C@H](NC(=O)[C@@H]1CS[C@H]2c3ccccc3C(=O)N12)C(=O)NC1CCCC1. The van der Waals surface area contributed by atoms with E-state index in [0.717, 1.165) is 37.0 Å². The molecule has 4 rings (SSSR count). The molecule has 156 valence electrons. The van der Waals surface area contributed by atoms with Gasteiger partial charge in [0.25, 0.3) is 5.91 Å². The first-order valence-corrected chi connectivity index (χ1v) is 12.7. The number of carbonyl (C=O) groups excluding carboxylic acids is 3. The molecule has 0 aromatic heterocycles. The van der Waals surface area contributed by atoms with Gasteiger partial charge in [0.2, 0.25) is 11.8 Å². The fourth-order valence-corrected chi connectivity index (χ4v) is 6.32. The fraction of sp³-hybridized carbons (Fsp3) is 0.571. The van der Waals surface area contributed by atoms with Crippen molar-refractivity contribution in [3.8, 4) is 0 Å². The van der Waals surface area contributed by atoms with Gasteiger partial charge in [-0.3, -0.25) is 14.4 Å². The number of rotatable bonds is 7. The molecule has 1 aromatic carbocycles. The molecule has 29 heavy (non-hydrogen) atoms. The molecule has 2 aliphatic heterocycles. The summed E-state index contributed by atoms with van der Waals surface area (Å²) in [6, 6.07) is 6.68. The third-order valence-electron chi connectivity index (χ3n) is 5.94. The highest BCUT2D eigenvalue weighted by Gasteiger charge is 2.48. The zero-order valence-electron chi connectivity index (χ0n) is 16.6. The van der Waals surface area contributed by atoms with Gasteiger partial charge < -0.3 is 15.5 Å². The summed E-state index contributed by atoms with van der Waals surface area (Å²) in [6.45, 7) is 0. The smallest absolute Gasteiger partial charge is 0.256 e. The van der Waals surface area contributed by atoms with Gasteiger partial charge in [-0.05, 0) is 42.9 Å². The molecule has 1 aliphatic carbocycles. The molecule has 6 nitrogen and oxygen atoms in total. The fourth-order valence-electron chi connectivity index (χ4n) is 4.39. The molecular weight excluding hydrogens is 406 g/mol. The van der Waals surface area contributed by atoms with Crippen LogP contribution in [0.5, 0.6) is 0 Å². The third-order valence-corrected chi connectivity index (χ3v) is 7.89. The number of hydrogen-bond acceptors (Lipinski definition) is 5. The van der Waals surface area contributed by atoms with Crippen LogP contribution in [-0.2, 0) is 9.59 Å². The van der Waals surface area contributed by atoms with Crippen LogP contribution in [-0.4, -0.2) is 58.5 Å². The summed E-state index contributed by atoms with van der Waals surface area (Å²) in [6.07, 6.45) is 6.89. The van der Waals surface area contributed by atoms with E-state index in [9.17, 15) is 14.4 Å². The Bertz CT molecular complexity index is 797. The molecule has 2 heterocycles. The molecule has 0 spiro atoms. The van der Waals surface area contributed by atoms with Crippen molar-refractivity contribution < 1.29 is 14.4 Å². The van der Waals surface area contributed by atoms with Gasteiger partial charge in [-0.15, -0.1) is 11.8 Å². The predicted molar refractivity (Wildman–Crippen MR) is 117 cm³/mol. The summed E-state index contributed by atoms with van der Waals surface area (Å²) >= 11 is 3.27. The Hall–Kier alpha value is -1.67. The molecule has 3 atom stereocenters. The number of carbonyl (C=O) groups is 3. The maximum atomic E-state index is 13.1. The van der Waals surface area contributed by atoms with Crippen LogP contribution in [0.25, 0.3) is 0 Å². The van der Waals surface area contributed by atoms with E-state index >= 15 is 0 Å². The number of thioether (sulfide) groups is 2. The van der Waals surface area contributed by atoms with Crippen LogP contribution >= 0.6 is 23.5 Å². The van der Waals surface area contributed by atoms with Crippen molar-refractivity contribution in [2.75, 3.05) is 17.8 Å². The molecule has 0 unspecified atom stereocenters. The Morgan fingerprint density at radius 2 is 2.03 bits per heavy atom. The van der Waals surface area contributed by atoms with Crippen LogP contribution in [0, 0.1) is 0 Å². The summed E-state index contributed by atoms with van der Waals surface area (Å²) in [4.78, 5) is 40.5.